The van der Waals surface area contributed by atoms with E-state index >= 15 is 0 Å². The molecule has 2 amide bonds. The van der Waals surface area contributed by atoms with Crippen LogP contribution in [0, 0.1) is 11.7 Å². The smallest absolute Gasteiger partial charge is 0.315 e. The molecule has 3 N–H and O–H groups in total. The van der Waals surface area contributed by atoms with E-state index in [1.807, 2.05) is 12.1 Å². The maximum absolute atomic E-state index is 13.0. The SMILES string of the molecule is O=C(NC1CCN(Cc2ccc(F)cc2)CC1)N[C@H]1CCC[C@H]1CO. The number of benzene rings is 1. The van der Waals surface area contributed by atoms with E-state index in [1.54, 1.807) is 0 Å². The van der Waals surface area contributed by atoms with Gasteiger partial charge >= 0.3 is 6.03 Å². The van der Waals surface area contributed by atoms with Gasteiger partial charge in [0.1, 0.15) is 5.82 Å². The quantitative estimate of drug-likeness (QED) is 0.764. The molecule has 1 aromatic rings. The minimum atomic E-state index is -0.205. The minimum Gasteiger partial charge on any atom is -0.396 e. The van der Waals surface area contributed by atoms with E-state index < -0.39 is 0 Å². The summed E-state index contributed by atoms with van der Waals surface area (Å²) in [6.07, 6.45) is 4.85. The van der Waals surface area contributed by atoms with E-state index in [-0.39, 0.29) is 36.5 Å². The molecule has 1 aromatic carbocycles. The molecule has 2 atom stereocenters. The normalized spacial score (nSPS) is 25.0. The third-order valence-electron chi connectivity index (χ3n) is 5.45. The molecular formula is C19H28FN3O2. The van der Waals surface area contributed by atoms with Gasteiger partial charge < -0.3 is 15.7 Å². The van der Waals surface area contributed by atoms with E-state index in [9.17, 15) is 14.3 Å². The van der Waals surface area contributed by atoms with Crippen molar-refractivity contribution in [3.63, 3.8) is 0 Å². The van der Waals surface area contributed by atoms with Gasteiger partial charge in [0.15, 0.2) is 0 Å². The Morgan fingerprint density at radius 3 is 2.52 bits per heavy atom. The highest BCUT2D eigenvalue weighted by Crippen LogP contribution is 2.25. The topological polar surface area (TPSA) is 64.6 Å². The first-order chi connectivity index (χ1) is 12.1. The Labute approximate surface area is 148 Å². The zero-order chi connectivity index (χ0) is 17.6. The number of rotatable bonds is 5. The van der Waals surface area contributed by atoms with Crippen LogP contribution in [-0.4, -0.2) is 47.8 Å². The lowest BCUT2D eigenvalue weighted by molar-refractivity contribution is 0.179. The number of hydrogen-bond acceptors (Lipinski definition) is 3. The number of aliphatic hydroxyl groups is 1. The summed E-state index contributed by atoms with van der Waals surface area (Å²) in [5.41, 5.74) is 1.11. The van der Waals surface area contributed by atoms with Crippen molar-refractivity contribution in [3.8, 4) is 0 Å². The maximum Gasteiger partial charge on any atom is 0.315 e. The molecule has 25 heavy (non-hydrogen) atoms. The number of carbonyl (C=O) groups excluding carboxylic acids is 1. The second-order valence-corrected chi connectivity index (χ2v) is 7.27. The van der Waals surface area contributed by atoms with Crippen LogP contribution in [0.5, 0.6) is 0 Å². The van der Waals surface area contributed by atoms with Crippen LogP contribution in [-0.2, 0) is 6.54 Å². The average Bonchev–Trinajstić information content (AvgIpc) is 3.05. The summed E-state index contributed by atoms with van der Waals surface area (Å²) in [4.78, 5) is 14.5. The van der Waals surface area contributed by atoms with E-state index in [0.717, 1.165) is 57.3 Å². The number of halogens is 1. The largest absolute Gasteiger partial charge is 0.396 e. The molecule has 0 spiro atoms. The lowest BCUT2D eigenvalue weighted by Gasteiger charge is -2.32. The van der Waals surface area contributed by atoms with Crippen LogP contribution in [0.15, 0.2) is 24.3 Å². The van der Waals surface area contributed by atoms with E-state index in [0.29, 0.717) is 0 Å². The van der Waals surface area contributed by atoms with Crippen LogP contribution >= 0.6 is 0 Å². The van der Waals surface area contributed by atoms with Gasteiger partial charge in [-0.3, -0.25) is 4.90 Å². The summed E-state index contributed by atoms with van der Waals surface area (Å²) in [5.74, 6) is -0.00771. The van der Waals surface area contributed by atoms with Gasteiger partial charge in [0.05, 0.1) is 0 Å². The Morgan fingerprint density at radius 2 is 1.84 bits per heavy atom. The third-order valence-corrected chi connectivity index (χ3v) is 5.45. The molecule has 0 aromatic heterocycles. The van der Waals surface area contributed by atoms with Crippen LogP contribution in [0.1, 0.15) is 37.7 Å². The molecule has 1 saturated carbocycles. The molecule has 138 valence electrons. The zero-order valence-electron chi connectivity index (χ0n) is 14.6. The zero-order valence-corrected chi connectivity index (χ0v) is 14.6. The lowest BCUT2D eigenvalue weighted by atomic mass is 10.0. The van der Waals surface area contributed by atoms with E-state index in [1.165, 1.54) is 12.1 Å². The first-order valence-electron chi connectivity index (χ1n) is 9.28. The minimum absolute atomic E-state index is 0.101. The van der Waals surface area contributed by atoms with Crippen molar-refractivity contribution < 1.29 is 14.3 Å². The summed E-state index contributed by atoms with van der Waals surface area (Å²) in [6.45, 7) is 2.81. The van der Waals surface area contributed by atoms with Crippen LogP contribution in [0.25, 0.3) is 0 Å². The lowest BCUT2D eigenvalue weighted by Crippen LogP contribution is -2.50. The van der Waals surface area contributed by atoms with Crippen LogP contribution in [0.2, 0.25) is 0 Å². The van der Waals surface area contributed by atoms with Crippen molar-refractivity contribution in [2.24, 2.45) is 5.92 Å². The van der Waals surface area contributed by atoms with Gasteiger partial charge in [0, 0.05) is 44.2 Å². The molecule has 1 heterocycles. The first-order valence-corrected chi connectivity index (χ1v) is 9.28. The van der Waals surface area contributed by atoms with Crippen molar-refractivity contribution in [1.82, 2.24) is 15.5 Å². The Morgan fingerprint density at radius 1 is 1.12 bits per heavy atom. The van der Waals surface area contributed by atoms with Crippen molar-refractivity contribution >= 4 is 6.03 Å². The van der Waals surface area contributed by atoms with Gasteiger partial charge in [-0.25, -0.2) is 9.18 Å². The van der Waals surface area contributed by atoms with E-state index in [4.69, 9.17) is 0 Å². The summed E-state index contributed by atoms with van der Waals surface area (Å²) in [7, 11) is 0. The summed E-state index contributed by atoms with van der Waals surface area (Å²) in [5, 5.41) is 15.4. The molecular weight excluding hydrogens is 321 g/mol. The molecule has 1 aliphatic carbocycles. The Kier molecular flexibility index (Phi) is 6.26. The fourth-order valence-electron chi connectivity index (χ4n) is 3.92. The number of piperidine rings is 1. The molecule has 5 nitrogen and oxygen atoms in total. The maximum atomic E-state index is 13.0. The summed E-state index contributed by atoms with van der Waals surface area (Å²) >= 11 is 0. The first kappa shape index (κ1) is 18.1. The Balaban J connectivity index is 1.38. The van der Waals surface area contributed by atoms with Gasteiger partial charge in [-0.05, 0) is 43.4 Å². The Hall–Kier alpha value is -1.66. The van der Waals surface area contributed by atoms with Gasteiger partial charge in [-0.1, -0.05) is 18.6 Å². The fraction of sp³-hybridized carbons (Fsp3) is 0.632. The Bertz CT molecular complexity index is 558. The van der Waals surface area contributed by atoms with Crippen LogP contribution in [0.3, 0.4) is 0 Å². The number of likely N-dealkylation sites (tertiary alicyclic amines) is 1. The molecule has 2 aliphatic rings. The van der Waals surface area contributed by atoms with Crippen molar-refractivity contribution in [3.05, 3.63) is 35.6 Å². The van der Waals surface area contributed by atoms with Crippen molar-refractivity contribution in [2.45, 2.75) is 50.7 Å². The number of aliphatic hydroxyl groups excluding tert-OH is 1. The van der Waals surface area contributed by atoms with E-state index in [2.05, 4.69) is 15.5 Å². The number of hydrogen-bond donors (Lipinski definition) is 3. The predicted octanol–water partition coefficient (Wildman–Crippen LogP) is 2.25. The predicted molar refractivity (Wildman–Crippen MR) is 94.6 cm³/mol. The molecule has 0 radical (unpaired) electrons. The third kappa shape index (κ3) is 5.16. The highest BCUT2D eigenvalue weighted by molar-refractivity contribution is 5.74. The summed E-state index contributed by atoms with van der Waals surface area (Å²) < 4.78 is 13.0. The molecule has 6 heteroatoms. The highest BCUT2D eigenvalue weighted by Gasteiger charge is 2.29. The number of carbonyl (C=O) groups is 1. The van der Waals surface area contributed by atoms with Gasteiger partial charge in [-0.2, -0.15) is 0 Å². The van der Waals surface area contributed by atoms with Gasteiger partial charge in [0.2, 0.25) is 0 Å². The molecule has 1 aliphatic heterocycles. The van der Waals surface area contributed by atoms with Gasteiger partial charge in [-0.15, -0.1) is 0 Å². The fourth-order valence-corrected chi connectivity index (χ4v) is 3.92. The highest BCUT2D eigenvalue weighted by atomic mass is 19.1. The molecule has 0 unspecified atom stereocenters. The van der Waals surface area contributed by atoms with Gasteiger partial charge in [0.25, 0.3) is 0 Å². The molecule has 2 fully saturated rings. The average molecular weight is 349 g/mol. The number of nitrogens with one attached hydrogen (secondary N) is 2. The monoisotopic (exact) mass is 349 g/mol. The second kappa shape index (κ2) is 8.63. The van der Waals surface area contributed by atoms with Crippen LogP contribution < -0.4 is 10.6 Å². The van der Waals surface area contributed by atoms with Crippen molar-refractivity contribution in [2.75, 3.05) is 19.7 Å². The molecule has 3 rings (SSSR count). The second-order valence-electron chi connectivity index (χ2n) is 7.27. The molecule has 0 bridgehead atoms. The van der Waals surface area contributed by atoms with Crippen molar-refractivity contribution in [1.29, 1.82) is 0 Å². The molecule has 1 saturated heterocycles. The number of nitrogens with zero attached hydrogens (tertiary/aromatic N) is 1. The number of amides is 2. The summed E-state index contributed by atoms with van der Waals surface area (Å²) in [6, 6.07) is 6.83. The number of urea groups is 1. The standard InChI is InChI=1S/C19H28FN3O2/c20-16-6-4-14(5-7-16)12-23-10-8-17(9-11-23)21-19(25)22-18-3-1-2-15(18)13-24/h4-7,15,17-18,24H,1-3,8-13H2,(H2,21,22,25)/t15-,18-/m0/s1. The van der Waals surface area contributed by atoms with Crippen LogP contribution in [0.4, 0.5) is 9.18 Å².